The van der Waals surface area contributed by atoms with Crippen LogP contribution in [0.25, 0.3) is 0 Å². The van der Waals surface area contributed by atoms with Gasteiger partial charge in [0.05, 0.1) is 10.9 Å². The molecule has 3 N–H and O–H groups in total. The fourth-order valence-corrected chi connectivity index (χ4v) is 6.81. The molecule has 2 aliphatic carbocycles. The highest BCUT2D eigenvalue weighted by Gasteiger charge is 2.49. The summed E-state index contributed by atoms with van der Waals surface area (Å²) in [6.45, 7) is 1.02. The van der Waals surface area contributed by atoms with E-state index in [0.29, 0.717) is 30.6 Å². The van der Waals surface area contributed by atoms with E-state index in [0.717, 1.165) is 32.1 Å². The van der Waals surface area contributed by atoms with Crippen LogP contribution < -0.4 is 11.1 Å². The predicted octanol–water partition coefficient (Wildman–Crippen LogP) is 2.44. The molecule has 1 amide bonds. The zero-order chi connectivity index (χ0) is 18.5. The quantitative estimate of drug-likeness (QED) is 0.816. The van der Waals surface area contributed by atoms with Crippen LogP contribution in [0.15, 0.2) is 23.1 Å². The van der Waals surface area contributed by atoms with E-state index in [-0.39, 0.29) is 27.8 Å². The molecule has 0 spiro atoms. The summed E-state index contributed by atoms with van der Waals surface area (Å²) in [5.74, 6) is 0.474. The van der Waals surface area contributed by atoms with Crippen molar-refractivity contribution in [3.63, 3.8) is 0 Å². The maximum Gasteiger partial charge on any atom is 0.244 e. The molecule has 26 heavy (non-hydrogen) atoms. The van der Waals surface area contributed by atoms with E-state index in [1.807, 2.05) is 0 Å². The molecule has 4 unspecified atom stereocenters. The van der Waals surface area contributed by atoms with Crippen LogP contribution in [0.2, 0.25) is 5.02 Å². The van der Waals surface area contributed by atoms with Gasteiger partial charge in [0, 0.05) is 24.8 Å². The predicted molar refractivity (Wildman–Crippen MR) is 100 cm³/mol. The number of hydrogen-bond donors (Lipinski definition) is 2. The smallest absolute Gasteiger partial charge is 0.244 e. The number of nitrogens with zero attached hydrogens (tertiary/aromatic N) is 1. The van der Waals surface area contributed by atoms with Crippen LogP contribution in [0.3, 0.4) is 0 Å². The number of carbonyl (C=O) groups is 1. The minimum Gasteiger partial charge on any atom is -0.327 e. The molecule has 3 aliphatic rings. The molecule has 0 aromatic heterocycles. The third-order valence-electron chi connectivity index (χ3n) is 6.16. The van der Waals surface area contributed by atoms with Gasteiger partial charge in [-0.3, -0.25) is 4.79 Å². The molecule has 4 atom stereocenters. The van der Waals surface area contributed by atoms with E-state index in [1.165, 1.54) is 16.4 Å². The Morgan fingerprint density at radius 1 is 1.19 bits per heavy atom. The molecule has 2 bridgehead atoms. The molecular formula is C18H24ClN3O3S. The Bertz CT molecular complexity index is 821. The van der Waals surface area contributed by atoms with Gasteiger partial charge < -0.3 is 11.1 Å². The Labute approximate surface area is 159 Å². The number of anilines is 1. The van der Waals surface area contributed by atoms with Crippen molar-refractivity contribution < 1.29 is 13.2 Å². The van der Waals surface area contributed by atoms with Gasteiger partial charge in [-0.05, 0) is 62.1 Å². The van der Waals surface area contributed by atoms with E-state index >= 15 is 0 Å². The van der Waals surface area contributed by atoms with Crippen LogP contribution in [-0.2, 0) is 14.8 Å². The number of hydrogen-bond acceptors (Lipinski definition) is 4. The lowest BCUT2D eigenvalue weighted by Gasteiger charge is -2.27. The van der Waals surface area contributed by atoms with Crippen molar-refractivity contribution in [1.82, 2.24) is 4.31 Å². The van der Waals surface area contributed by atoms with Gasteiger partial charge in [-0.2, -0.15) is 4.31 Å². The van der Waals surface area contributed by atoms with Crippen LogP contribution in [-0.4, -0.2) is 37.8 Å². The molecule has 1 heterocycles. The first kappa shape index (κ1) is 18.2. The Morgan fingerprint density at radius 3 is 2.54 bits per heavy atom. The minimum absolute atomic E-state index is 0.0520. The highest BCUT2D eigenvalue weighted by molar-refractivity contribution is 7.89. The van der Waals surface area contributed by atoms with Crippen LogP contribution in [0.4, 0.5) is 5.69 Å². The van der Waals surface area contributed by atoms with Gasteiger partial charge >= 0.3 is 0 Å². The Morgan fingerprint density at radius 2 is 1.88 bits per heavy atom. The lowest BCUT2D eigenvalue weighted by Crippen LogP contribution is -2.42. The summed E-state index contributed by atoms with van der Waals surface area (Å²) in [5.41, 5.74) is 6.69. The maximum absolute atomic E-state index is 12.8. The summed E-state index contributed by atoms with van der Waals surface area (Å²) in [6, 6.07) is 4.53. The summed E-state index contributed by atoms with van der Waals surface area (Å²) < 4.78 is 27.1. The lowest BCUT2D eigenvalue weighted by molar-refractivity contribution is -0.121. The first-order valence-electron chi connectivity index (χ1n) is 9.24. The number of fused-ring (bicyclic) bond motifs is 2. The van der Waals surface area contributed by atoms with E-state index in [2.05, 4.69) is 5.32 Å². The zero-order valence-electron chi connectivity index (χ0n) is 14.5. The number of nitrogens with two attached hydrogens (primary N) is 1. The van der Waals surface area contributed by atoms with Crippen molar-refractivity contribution >= 4 is 33.2 Å². The molecule has 1 aromatic carbocycles. The maximum atomic E-state index is 12.8. The molecule has 4 rings (SSSR count). The number of rotatable bonds is 4. The van der Waals surface area contributed by atoms with Gasteiger partial charge in [0.15, 0.2) is 0 Å². The van der Waals surface area contributed by atoms with Crippen molar-refractivity contribution in [2.75, 3.05) is 18.4 Å². The summed E-state index contributed by atoms with van der Waals surface area (Å²) >= 11 is 6.16. The Balaban J connectivity index is 1.56. The number of nitrogens with one attached hydrogen (secondary N) is 1. The average Bonchev–Trinajstić information content (AvgIpc) is 3.33. The summed E-state index contributed by atoms with van der Waals surface area (Å²) in [7, 11) is -3.64. The summed E-state index contributed by atoms with van der Waals surface area (Å²) in [6.07, 6.45) is 4.89. The van der Waals surface area contributed by atoms with E-state index < -0.39 is 10.0 Å². The second kappa shape index (κ2) is 6.78. The molecule has 142 valence electrons. The van der Waals surface area contributed by atoms with Gasteiger partial charge in [-0.1, -0.05) is 11.6 Å². The zero-order valence-corrected chi connectivity index (χ0v) is 16.1. The Hall–Kier alpha value is -1.15. The molecule has 1 saturated heterocycles. The molecule has 3 fully saturated rings. The lowest BCUT2D eigenvalue weighted by atomic mass is 9.84. The minimum atomic E-state index is -3.64. The van der Waals surface area contributed by atoms with E-state index in [4.69, 9.17) is 17.3 Å². The van der Waals surface area contributed by atoms with Gasteiger partial charge in [0.25, 0.3) is 0 Å². The molecule has 8 heteroatoms. The molecular weight excluding hydrogens is 374 g/mol. The van der Waals surface area contributed by atoms with Crippen molar-refractivity contribution in [1.29, 1.82) is 0 Å². The molecule has 0 radical (unpaired) electrons. The van der Waals surface area contributed by atoms with Crippen molar-refractivity contribution in [2.24, 2.45) is 23.5 Å². The second-order valence-corrected chi connectivity index (χ2v) is 10.00. The van der Waals surface area contributed by atoms with E-state index in [9.17, 15) is 13.2 Å². The molecule has 6 nitrogen and oxygen atoms in total. The van der Waals surface area contributed by atoms with Crippen LogP contribution in [0.1, 0.15) is 32.1 Å². The van der Waals surface area contributed by atoms with E-state index in [1.54, 1.807) is 6.07 Å². The third kappa shape index (κ3) is 3.05. The first-order chi connectivity index (χ1) is 12.4. The van der Waals surface area contributed by atoms with Crippen LogP contribution in [0.5, 0.6) is 0 Å². The molecule has 2 saturated carbocycles. The fraction of sp³-hybridized carbons (Fsp3) is 0.611. The number of halogens is 1. The second-order valence-electron chi connectivity index (χ2n) is 7.68. The van der Waals surface area contributed by atoms with Crippen molar-refractivity contribution in [2.45, 2.75) is 43.0 Å². The average molecular weight is 398 g/mol. The number of benzene rings is 1. The van der Waals surface area contributed by atoms with Crippen LogP contribution >= 0.6 is 11.6 Å². The van der Waals surface area contributed by atoms with Gasteiger partial charge in [0.1, 0.15) is 4.90 Å². The summed E-state index contributed by atoms with van der Waals surface area (Å²) in [5, 5.41) is 3.04. The highest BCUT2D eigenvalue weighted by Crippen LogP contribution is 2.48. The normalized spacial score (nSPS) is 31.5. The fourth-order valence-electron chi connectivity index (χ4n) is 4.80. The third-order valence-corrected chi connectivity index (χ3v) is 8.55. The van der Waals surface area contributed by atoms with Crippen molar-refractivity contribution in [3.05, 3.63) is 23.2 Å². The van der Waals surface area contributed by atoms with Gasteiger partial charge in [-0.25, -0.2) is 8.42 Å². The SMILES string of the molecule is NC1C2CCC(C2)C1C(=O)Nc1ccc(Cl)c(S(=O)(=O)N2CCCC2)c1. The number of amides is 1. The summed E-state index contributed by atoms with van der Waals surface area (Å²) in [4.78, 5) is 12.8. The van der Waals surface area contributed by atoms with Gasteiger partial charge in [0.2, 0.25) is 15.9 Å². The van der Waals surface area contributed by atoms with Crippen LogP contribution in [0, 0.1) is 17.8 Å². The molecule has 1 aliphatic heterocycles. The van der Waals surface area contributed by atoms with Gasteiger partial charge in [-0.15, -0.1) is 0 Å². The standard InChI is InChI=1S/C18H24ClN3O3S/c19-14-6-5-13(10-15(14)26(24,25)22-7-1-2-8-22)21-18(23)16-11-3-4-12(9-11)17(16)20/h5-6,10-12,16-17H,1-4,7-9,20H2,(H,21,23). The molecule has 1 aromatic rings. The number of carbonyl (C=O) groups excluding carboxylic acids is 1. The first-order valence-corrected chi connectivity index (χ1v) is 11.1. The van der Waals surface area contributed by atoms with Crippen molar-refractivity contribution in [3.8, 4) is 0 Å². The Kier molecular flexibility index (Phi) is 4.75. The highest BCUT2D eigenvalue weighted by atomic mass is 35.5. The monoisotopic (exact) mass is 397 g/mol. The topological polar surface area (TPSA) is 92.5 Å². The largest absolute Gasteiger partial charge is 0.327 e. The number of sulfonamides is 1.